The van der Waals surface area contributed by atoms with Crippen LogP contribution in [0.5, 0.6) is 0 Å². The minimum absolute atomic E-state index is 0.0709. The highest BCUT2D eigenvalue weighted by Crippen LogP contribution is 2.33. The van der Waals surface area contributed by atoms with Crippen LogP contribution in [0.1, 0.15) is 40.4 Å². The van der Waals surface area contributed by atoms with Crippen LogP contribution >= 0.6 is 0 Å². The van der Waals surface area contributed by atoms with E-state index in [-0.39, 0.29) is 11.9 Å². The number of rotatable bonds is 6. The average molecular weight is 470 g/mol. The van der Waals surface area contributed by atoms with E-state index in [1.165, 1.54) is 16.7 Å². The molecule has 0 saturated carbocycles. The standard InChI is InChI=1S/C29H35N5O/c1-22-11-12-25(18-23(22)2)26-19-28(27-10-7-13-31(27)3)34(30-26)29(35)21-33-16-14-32(15-17-33)20-24-8-5-4-6-9-24/h4-13,18,28H,14-17,19-21H2,1-3H3. The number of hydrogen-bond donors (Lipinski definition) is 0. The van der Waals surface area contributed by atoms with Crippen LogP contribution in [-0.4, -0.2) is 63.7 Å². The Labute approximate surface area is 208 Å². The third-order valence-corrected chi connectivity index (χ3v) is 7.40. The summed E-state index contributed by atoms with van der Waals surface area (Å²) in [7, 11) is 2.04. The molecule has 3 aromatic rings. The van der Waals surface area contributed by atoms with Gasteiger partial charge in [-0.25, -0.2) is 5.01 Å². The maximum atomic E-state index is 13.6. The highest BCUT2D eigenvalue weighted by atomic mass is 16.2. The zero-order chi connectivity index (χ0) is 24.4. The minimum Gasteiger partial charge on any atom is -0.353 e. The Morgan fingerprint density at radius 1 is 0.914 bits per heavy atom. The zero-order valence-electron chi connectivity index (χ0n) is 21.0. The molecule has 2 aliphatic rings. The normalized spacial score (nSPS) is 19.2. The molecule has 1 saturated heterocycles. The van der Waals surface area contributed by atoms with E-state index in [2.05, 4.69) is 82.8 Å². The molecule has 0 bridgehead atoms. The number of nitrogens with zero attached hydrogens (tertiary/aromatic N) is 5. The topological polar surface area (TPSA) is 44.1 Å². The van der Waals surface area contributed by atoms with Gasteiger partial charge in [-0.1, -0.05) is 42.5 Å². The second kappa shape index (κ2) is 10.2. The largest absolute Gasteiger partial charge is 0.353 e. The van der Waals surface area contributed by atoms with E-state index < -0.39 is 0 Å². The summed E-state index contributed by atoms with van der Waals surface area (Å²) in [6.07, 6.45) is 2.77. The lowest BCUT2D eigenvalue weighted by molar-refractivity contribution is -0.134. The molecule has 6 heteroatoms. The van der Waals surface area contributed by atoms with Crippen molar-refractivity contribution in [1.29, 1.82) is 0 Å². The Balaban J connectivity index is 1.27. The lowest BCUT2D eigenvalue weighted by atomic mass is 9.98. The lowest BCUT2D eigenvalue weighted by Gasteiger charge is -2.35. The molecule has 1 amide bonds. The first-order valence-electron chi connectivity index (χ1n) is 12.5. The number of carbonyl (C=O) groups is 1. The highest BCUT2D eigenvalue weighted by Gasteiger charge is 2.35. The van der Waals surface area contributed by atoms with Crippen molar-refractivity contribution in [3.05, 3.63) is 94.8 Å². The quantitative estimate of drug-likeness (QED) is 0.545. The first-order valence-corrected chi connectivity index (χ1v) is 12.5. The third kappa shape index (κ3) is 5.24. The predicted molar refractivity (Wildman–Crippen MR) is 140 cm³/mol. The van der Waals surface area contributed by atoms with Gasteiger partial charge in [-0.2, -0.15) is 5.10 Å². The number of piperazine rings is 1. The fourth-order valence-electron chi connectivity index (χ4n) is 5.10. The molecule has 0 N–H and O–H groups in total. The molecule has 1 unspecified atom stereocenters. The predicted octanol–water partition coefficient (Wildman–Crippen LogP) is 4.14. The van der Waals surface area contributed by atoms with E-state index in [0.29, 0.717) is 6.54 Å². The van der Waals surface area contributed by atoms with E-state index in [1.54, 1.807) is 5.01 Å². The zero-order valence-corrected chi connectivity index (χ0v) is 21.0. The van der Waals surface area contributed by atoms with Crippen molar-refractivity contribution < 1.29 is 4.79 Å². The molecule has 35 heavy (non-hydrogen) atoms. The number of amides is 1. The van der Waals surface area contributed by atoms with E-state index >= 15 is 0 Å². The van der Waals surface area contributed by atoms with E-state index in [4.69, 9.17) is 5.10 Å². The van der Waals surface area contributed by atoms with Gasteiger partial charge in [0.2, 0.25) is 0 Å². The van der Waals surface area contributed by atoms with Crippen molar-refractivity contribution in [1.82, 2.24) is 19.4 Å². The molecule has 1 aromatic heterocycles. The van der Waals surface area contributed by atoms with Crippen LogP contribution in [0.4, 0.5) is 0 Å². The monoisotopic (exact) mass is 469 g/mol. The molecule has 0 radical (unpaired) electrons. The Kier molecular flexibility index (Phi) is 6.84. The van der Waals surface area contributed by atoms with E-state index in [9.17, 15) is 4.79 Å². The van der Waals surface area contributed by atoms with Gasteiger partial charge >= 0.3 is 0 Å². The number of hydrogen-bond acceptors (Lipinski definition) is 4. The summed E-state index contributed by atoms with van der Waals surface area (Å²) in [6, 6.07) is 21.1. The summed E-state index contributed by atoms with van der Waals surface area (Å²) < 4.78 is 2.10. The van der Waals surface area contributed by atoms with Crippen LogP contribution in [0, 0.1) is 13.8 Å². The molecular weight excluding hydrogens is 434 g/mol. The van der Waals surface area contributed by atoms with Crippen LogP contribution in [0.2, 0.25) is 0 Å². The number of benzene rings is 2. The Morgan fingerprint density at radius 2 is 1.66 bits per heavy atom. The highest BCUT2D eigenvalue weighted by molar-refractivity contribution is 6.03. The van der Waals surface area contributed by atoms with Gasteiger partial charge in [-0.15, -0.1) is 0 Å². The summed E-state index contributed by atoms with van der Waals surface area (Å²) in [6.45, 7) is 9.37. The molecule has 182 valence electrons. The lowest BCUT2D eigenvalue weighted by Crippen LogP contribution is -2.49. The maximum Gasteiger partial charge on any atom is 0.257 e. The first-order chi connectivity index (χ1) is 17.0. The molecule has 2 aromatic carbocycles. The molecule has 6 nitrogen and oxygen atoms in total. The SMILES string of the molecule is Cc1ccc(C2=NN(C(=O)CN3CCN(Cc4ccccc4)CC3)C(c3cccn3C)C2)cc1C. The third-order valence-electron chi connectivity index (χ3n) is 7.40. The molecule has 5 rings (SSSR count). The van der Waals surface area contributed by atoms with E-state index in [1.807, 2.05) is 19.3 Å². The van der Waals surface area contributed by atoms with E-state index in [0.717, 1.165) is 56.1 Å². The fourth-order valence-corrected chi connectivity index (χ4v) is 5.10. The van der Waals surface area contributed by atoms with Crippen LogP contribution in [-0.2, 0) is 18.4 Å². The molecule has 1 atom stereocenters. The second-order valence-corrected chi connectivity index (χ2v) is 9.89. The second-order valence-electron chi connectivity index (χ2n) is 9.89. The summed E-state index contributed by atoms with van der Waals surface area (Å²) in [5.41, 5.74) is 7.07. The summed E-state index contributed by atoms with van der Waals surface area (Å²) in [4.78, 5) is 18.3. The van der Waals surface area contributed by atoms with Gasteiger partial charge in [0, 0.05) is 58.1 Å². The van der Waals surface area contributed by atoms with Crippen molar-refractivity contribution in [2.24, 2.45) is 12.1 Å². The number of aromatic nitrogens is 1. The molecule has 3 heterocycles. The first kappa shape index (κ1) is 23.5. The summed E-state index contributed by atoms with van der Waals surface area (Å²) >= 11 is 0. The Morgan fingerprint density at radius 3 is 2.34 bits per heavy atom. The number of hydrazone groups is 1. The molecule has 0 spiro atoms. The Bertz CT molecular complexity index is 1210. The van der Waals surface area contributed by atoms with Crippen molar-refractivity contribution in [2.75, 3.05) is 32.7 Å². The van der Waals surface area contributed by atoms with Crippen molar-refractivity contribution in [2.45, 2.75) is 32.9 Å². The van der Waals surface area contributed by atoms with Gasteiger partial charge in [0.05, 0.1) is 12.3 Å². The maximum absolute atomic E-state index is 13.6. The van der Waals surface area contributed by atoms with Gasteiger partial charge in [-0.3, -0.25) is 14.6 Å². The van der Waals surface area contributed by atoms with Gasteiger partial charge in [-0.05, 0) is 54.3 Å². The van der Waals surface area contributed by atoms with Crippen molar-refractivity contribution in [3.63, 3.8) is 0 Å². The number of carbonyl (C=O) groups excluding carboxylic acids is 1. The number of aryl methyl sites for hydroxylation is 3. The molecule has 1 fully saturated rings. The van der Waals surface area contributed by atoms with Crippen LogP contribution in [0.15, 0.2) is 72.0 Å². The smallest absolute Gasteiger partial charge is 0.257 e. The van der Waals surface area contributed by atoms with Crippen molar-refractivity contribution >= 4 is 11.6 Å². The van der Waals surface area contributed by atoms with Gasteiger partial charge in [0.15, 0.2) is 0 Å². The molecular formula is C29H35N5O. The molecule has 0 aliphatic carbocycles. The van der Waals surface area contributed by atoms with Crippen LogP contribution in [0.3, 0.4) is 0 Å². The Hall–Kier alpha value is -3.22. The average Bonchev–Trinajstić information content (AvgIpc) is 3.49. The van der Waals surface area contributed by atoms with Crippen molar-refractivity contribution in [3.8, 4) is 0 Å². The summed E-state index contributed by atoms with van der Waals surface area (Å²) in [5, 5.41) is 6.64. The minimum atomic E-state index is -0.0709. The van der Waals surface area contributed by atoms with Crippen LogP contribution in [0.25, 0.3) is 0 Å². The summed E-state index contributed by atoms with van der Waals surface area (Å²) in [5.74, 6) is 0.0755. The van der Waals surface area contributed by atoms with Gasteiger partial charge < -0.3 is 4.57 Å². The van der Waals surface area contributed by atoms with Gasteiger partial charge in [0.25, 0.3) is 5.91 Å². The molecule has 2 aliphatic heterocycles. The van der Waals surface area contributed by atoms with Gasteiger partial charge in [0.1, 0.15) is 6.04 Å². The fraction of sp³-hybridized carbons (Fsp3) is 0.379. The van der Waals surface area contributed by atoms with Crippen LogP contribution < -0.4 is 0 Å².